The van der Waals surface area contributed by atoms with E-state index in [1.165, 1.54) is 11.1 Å². The van der Waals surface area contributed by atoms with Crippen LogP contribution in [0.4, 0.5) is 5.69 Å². The van der Waals surface area contributed by atoms with Crippen LogP contribution in [0.25, 0.3) is 0 Å². The largest absolute Gasteiger partial charge is 0.348 e. The van der Waals surface area contributed by atoms with Crippen LogP contribution in [0, 0.1) is 13.8 Å². The summed E-state index contributed by atoms with van der Waals surface area (Å²) in [6, 6.07) is 11.8. The minimum absolute atomic E-state index is 0.556. The quantitative estimate of drug-likeness (QED) is 0.740. The number of benzene rings is 2. The number of nitrogens with zero attached hydrogens (tertiary/aromatic N) is 1. The number of aryl methyl sites for hydroxylation is 2. The van der Waals surface area contributed by atoms with E-state index in [9.17, 15) is 0 Å². The molecule has 0 aromatic heterocycles. The third kappa shape index (κ3) is 4.13. The first-order valence-electron chi connectivity index (χ1n) is 6.90. The van der Waals surface area contributed by atoms with Crippen LogP contribution in [0.2, 0.25) is 10.0 Å². The van der Waals surface area contributed by atoms with E-state index < -0.39 is 0 Å². The summed E-state index contributed by atoms with van der Waals surface area (Å²) in [5.41, 5.74) is 4.42. The Kier molecular flexibility index (Phi) is 5.68. The van der Waals surface area contributed by atoms with Crippen molar-refractivity contribution in [2.75, 3.05) is 12.4 Å². The lowest BCUT2D eigenvalue weighted by atomic mass is 10.1. The summed E-state index contributed by atoms with van der Waals surface area (Å²) in [6.45, 7) is 4.76. The molecule has 22 heavy (non-hydrogen) atoms. The second-order valence-corrected chi connectivity index (χ2v) is 6.47. The summed E-state index contributed by atoms with van der Waals surface area (Å²) in [5.74, 6) is 0. The summed E-state index contributed by atoms with van der Waals surface area (Å²) in [4.78, 5) is 1.93. The van der Waals surface area contributed by atoms with Crippen LogP contribution in [0.3, 0.4) is 0 Å². The number of halogens is 2. The van der Waals surface area contributed by atoms with Gasteiger partial charge in [-0.1, -0.05) is 41.4 Å². The van der Waals surface area contributed by atoms with Crippen LogP contribution >= 0.6 is 35.4 Å². The van der Waals surface area contributed by atoms with Crippen LogP contribution < -0.4 is 5.32 Å². The van der Waals surface area contributed by atoms with Gasteiger partial charge in [-0.2, -0.15) is 0 Å². The Bertz CT molecular complexity index is 701. The van der Waals surface area contributed by atoms with Crippen molar-refractivity contribution in [1.29, 1.82) is 0 Å². The lowest BCUT2D eigenvalue weighted by Crippen LogP contribution is -2.30. The smallest absolute Gasteiger partial charge is 0.173 e. The van der Waals surface area contributed by atoms with Gasteiger partial charge < -0.3 is 10.2 Å². The number of nitrogens with one attached hydrogen (secondary N) is 1. The fourth-order valence-corrected chi connectivity index (χ4v) is 2.60. The van der Waals surface area contributed by atoms with Crippen molar-refractivity contribution in [3.05, 3.63) is 63.1 Å². The van der Waals surface area contributed by atoms with Crippen LogP contribution in [0.1, 0.15) is 16.7 Å². The van der Waals surface area contributed by atoms with Gasteiger partial charge in [-0.3, -0.25) is 0 Å². The van der Waals surface area contributed by atoms with Gasteiger partial charge in [-0.05, 0) is 61.0 Å². The van der Waals surface area contributed by atoms with Gasteiger partial charge in [0.25, 0.3) is 0 Å². The number of anilines is 1. The molecule has 0 spiro atoms. The van der Waals surface area contributed by atoms with Crippen molar-refractivity contribution in [2.24, 2.45) is 0 Å². The first-order valence-corrected chi connectivity index (χ1v) is 8.07. The zero-order chi connectivity index (χ0) is 16.3. The second-order valence-electron chi connectivity index (χ2n) is 5.30. The molecule has 2 nitrogen and oxygen atoms in total. The Morgan fingerprint density at radius 3 is 2.55 bits per heavy atom. The Hall–Kier alpha value is -1.29. The van der Waals surface area contributed by atoms with E-state index in [0.29, 0.717) is 21.7 Å². The standard InChI is InChI=1S/C17H18Cl2N2S/c1-11-7-8-14(9-12(11)2)20-17(22)21(3)10-13-5-4-6-15(18)16(13)19/h4-9H,10H2,1-3H3,(H,20,22). The fourth-order valence-electron chi connectivity index (χ4n) is 2.04. The molecule has 2 aromatic rings. The van der Waals surface area contributed by atoms with Gasteiger partial charge in [0, 0.05) is 19.3 Å². The van der Waals surface area contributed by atoms with Crippen LogP contribution in [0.15, 0.2) is 36.4 Å². The molecule has 0 unspecified atom stereocenters. The summed E-state index contributed by atoms with van der Waals surface area (Å²) >= 11 is 17.7. The Labute approximate surface area is 147 Å². The number of hydrogen-bond donors (Lipinski definition) is 1. The second kappa shape index (κ2) is 7.32. The molecule has 0 aliphatic carbocycles. The molecule has 0 atom stereocenters. The molecule has 2 aromatic carbocycles. The molecule has 0 bridgehead atoms. The molecule has 2 rings (SSSR count). The van der Waals surface area contributed by atoms with Gasteiger partial charge in [-0.25, -0.2) is 0 Å². The Morgan fingerprint density at radius 2 is 1.86 bits per heavy atom. The minimum atomic E-state index is 0.556. The normalized spacial score (nSPS) is 10.4. The van der Waals surface area contributed by atoms with Gasteiger partial charge in [-0.15, -0.1) is 0 Å². The Morgan fingerprint density at radius 1 is 1.14 bits per heavy atom. The van der Waals surface area contributed by atoms with Gasteiger partial charge in [0.2, 0.25) is 0 Å². The van der Waals surface area contributed by atoms with Gasteiger partial charge in [0.15, 0.2) is 5.11 Å². The first kappa shape index (κ1) is 17.1. The van der Waals surface area contributed by atoms with Gasteiger partial charge >= 0.3 is 0 Å². The number of rotatable bonds is 3. The average molecular weight is 353 g/mol. The molecule has 116 valence electrons. The van der Waals surface area contributed by atoms with Crippen LogP contribution in [-0.2, 0) is 6.54 Å². The molecule has 5 heteroatoms. The Balaban J connectivity index is 2.06. The zero-order valence-corrected chi connectivity index (χ0v) is 15.1. The monoisotopic (exact) mass is 352 g/mol. The highest BCUT2D eigenvalue weighted by molar-refractivity contribution is 7.80. The van der Waals surface area contributed by atoms with Crippen molar-refractivity contribution in [2.45, 2.75) is 20.4 Å². The van der Waals surface area contributed by atoms with Gasteiger partial charge in [0.05, 0.1) is 10.0 Å². The minimum Gasteiger partial charge on any atom is -0.348 e. The number of hydrogen-bond acceptors (Lipinski definition) is 1. The van der Waals surface area contributed by atoms with E-state index in [4.69, 9.17) is 35.4 Å². The van der Waals surface area contributed by atoms with Gasteiger partial charge in [0.1, 0.15) is 0 Å². The molecule has 0 fully saturated rings. The predicted molar refractivity (Wildman–Crippen MR) is 100 cm³/mol. The lowest BCUT2D eigenvalue weighted by molar-refractivity contribution is 0.508. The van der Waals surface area contributed by atoms with Crippen molar-refractivity contribution >= 4 is 46.2 Å². The number of thiocarbonyl (C=S) groups is 1. The topological polar surface area (TPSA) is 15.3 Å². The molecule has 1 N–H and O–H groups in total. The highest BCUT2D eigenvalue weighted by Crippen LogP contribution is 2.26. The highest BCUT2D eigenvalue weighted by Gasteiger charge is 2.10. The molecule has 0 saturated carbocycles. The highest BCUT2D eigenvalue weighted by atomic mass is 35.5. The maximum atomic E-state index is 6.22. The third-order valence-electron chi connectivity index (χ3n) is 3.54. The van der Waals surface area contributed by atoms with E-state index in [0.717, 1.165) is 11.3 Å². The van der Waals surface area contributed by atoms with Crippen LogP contribution in [0.5, 0.6) is 0 Å². The molecule has 0 amide bonds. The molecule has 0 aliphatic heterocycles. The molecular formula is C17H18Cl2N2S. The van der Waals surface area contributed by atoms with Crippen LogP contribution in [-0.4, -0.2) is 17.1 Å². The molecule has 0 aliphatic rings. The summed E-state index contributed by atoms with van der Waals surface area (Å²) in [5, 5.41) is 5.01. The summed E-state index contributed by atoms with van der Waals surface area (Å²) in [6.07, 6.45) is 0. The third-order valence-corrected chi connectivity index (χ3v) is 4.82. The zero-order valence-electron chi connectivity index (χ0n) is 12.8. The molecule has 0 saturated heterocycles. The van der Waals surface area contributed by atoms with Crippen molar-refractivity contribution < 1.29 is 0 Å². The van der Waals surface area contributed by atoms with E-state index in [-0.39, 0.29) is 0 Å². The average Bonchev–Trinajstić information content (AvgIpc) is 2.47. The van der Waals surface area contributed by atoms with Crippen molar-refractivity contribution in [1.82, 2.24) is 4.90 Å². The van der Waals surface area contributed by atoms with E-state index in [1.807, 2.05) is 30.1 Å². The maximum absolute atomic E-state index is 6.22. The SMILES string of the molecule is Cc1ccc(NC(=S)N(C)Cc2cccc(Cl)c2Cl)cc1C. The maximum Gasteiger partial charge on any atom is 0.173 e. The van der Waals surface area contributed by atoms with Crippen molar-refractivity contribution in [3.63, 3.8) is 0 Å². The lowest BCUT2D eigenvalue weighted by Gasteiger charge is -2.22. The molecule has 0 heterocycles. The summed E-state index contributed by atoms with van der Waals surface area (Å²) < 4.78 is 0. The van der Waals surface area contributed by atoms with E-state index in [2.05, 4.69) is 31.3 Å². The molecular weight excluding hydrogens is 335 g/mol. The fraction of sp³-hybridized carbons (Fsp3) is 0.235. The first-order chi connectivity index (χ1) is 10.4. The predicted octanol–water partition coefficient (Wildman–Crippen LogP) is 5.44. The van der Waals surface area contributed by atoms with E-state index in [1.54, 1.807) is 6.07 Å². The van der Waals surface area contributed by atoms with E-state index >= 15 is 0 Å². The summed E-state index contributed by atoms with van der Waals surface area (Å²) in [7, 11) is 1.92. The van der Waals surface area contributed by atoms with Crippen molar-refractivity contribution in [3.8, 4) is 0 Å². The molecule has 0 radical (unpaired) electrons.